The largest absolute Gasteiger partial charge is 0.507 e. The van der Waals surface area contributed by atoms with Crippen molar-refractivity contribution < 1.29 is 5.11 Å². The van der Waals surface area contributed by atoms with Gasteiger partial charge in [0, 0.05) is 18.8 Å². The Morgan fingerprint density at radius 3 is 2.67 bits per heavy atom. The summed E-state index contributed by atoms with van der Waals surface area (Å²) in [5.41, 5.74) is 6.70. The second-order valence-electron chi connectivity index (χ2n) is 3.38. The van der Waals surface area contributed by atoms with E-state index in [0.29, 0.717) is 22.9 Å². The van der Waals surface area contributed by atoms with Crippen LogP contribution in [0.4, 0.5) is 5.69 Å². The van der Waals surface area contributed by atoms with Crippen molar-refractivity contribution in [1.82, 2.24) is 14.8 Å². The third kappa shape index (κ3) is 1.63. The van der Waals surface area contributed by atoms with Gasteiger partial charge in [-0.05, 0) is 19.1 Å². The SMILES string of the molecule is Cc1nc(-c2ccc(N)cc2O)n(C)n1. The Balaban J connectivity index is 2.59. The summed E-state index contributed by atoms with van der Waals surface area (Å²) in [6.45, 7) is 1.80. The number of nitrogens with zero attached hydrogens (tertiary/aromatic N) is 3. The first-order chi connectivity index (χ1) is 7.08. The Kier molecular flexibility index (Phi) is 2.07. The number of nitrogens with two attached hydrogens (primary N) is 1. The minimum atomic E-state index is 0.116. The summed E-state index contributed by atoms with van der Waals surface area (Å²) >= 11 is 0. The van der Waals surface area contributed by atoms with Crippen LogP contribution in [0.25, 0.3) is 11.4 Å². The average molecular weight is 204 g/mol. The van der Waals surface area contributed by atoms with Crippen LogP contribution in [-0.4, -0.2) is 19.9 Å². The van der Waals surface area contributed by atoms with Crippen molar-refractivity contribution in [3.63, 3.8) is 0 Å². The fourth-order valence-corrected chi connectivity index (χ4v) is 1.48. The molecule has 1 aromatic heterocycles. The molecular formula is C10H12N4O. The number of phenols is 1. The molecule has 15 heavy (non-hydrogen) atoms. The highest BCUT2D eigenvalue weighted by molar-refractivity contribution is 5.67. The van der Waals surface area contributed by atoms with Crippen molar-refractivity contribution in [1.29, 1.82) is 0 Å². The fourth-order valence-electron chi connectivity index (χ4n) is 1.48. The van der Waals surface area contributed by atoms with E-state index in [1.165, 1.54) is 6.07 Å². The molecule has 2 aromatic rings. The number of aromatic nitrogens is 3. The Bertz CT molecular complexity index is 504. The van der Waals surface area contributed by atoms with Crippen molar-refractivity contribution >= 4 is 5.69 Å². The predicted molar refractivity (Wildman–Crippen MR) is 57.3 cm³/mol. The molecule has 0 fully saturated rings. The molecule has 0 amide bonds. The zero-order valence-corrected chi connectivity index (χ0v) is 8.60. The Morgan fingerprint density at radius 1 is 1.40 bits per heavy atom. The number of rotatable bonds is 1. The van der Waals surface area contributed by atoms with E-state index in [2.05, 4.69) is 10.1 Å². The molecule has 5 nitrogen and oxygen atoms in total. The minimum absolute atomic E-state index is 0.116. The molecule has 0 bridgehead atoms. The summed E-state index contributed by atoms with van der Waals surface area (Å²) in [7, 11) is 1.78. The molecule has 0 aliphatic rings. The standard InChI is InChI=1S/C10H12N4O/c1-6-12-10(14(2)13-6)8-4-3-7(11)5-9(8)15/h3-5,15H,11H2,1-2H3. The monoisotopic (exact) mass is 204 g/mol. The molecule has 0 aliphatic carbocycles. The summed E-state index contributed by atoms with van der Waals surface area (Å²) in [4.78, 5) is 4.22. The van der Waals surface area contributed by atoms with Gasteiger partial charge in [-0.1, -0.05) is 0 Å². The number of aromatic hydroxyl groups is 1. The van der Waals surface area contributed by atoms with Crippen molar-refractivity contribution in [3.8, 4) is 17.1 Å². The van der Waals surface area contributed by atoms with Crippen LogP contribution in [0.1, 0.15) is 5.82 Å². The van der Waals surface area contributed by atoms with Gasteiger partial charge in [0.15, 0.2) is 5.82 Å². The van der Waals surface area contributed by atoms with E-state index in [1.807, 2.05) is 0 Å². The lowest BCUT2D eigenvalue weighted by atomic mass is 10.1. The fraction of sp³-hybridized carbons (Fsp3) is 0.200. The molecule has 5 heteroatoms. The van der Waals surface area contributed by atoms with E-state index < -0.39 is 0 Å². The van der Waals surface area contributed by atoms with E-state index >= 15 is 0 Å². The van der Waals surface area contributed by atoms with Crippen LogP contribution in [-0.2, 0) is 7.05 Å². The van der Waals surface area contributed by atoms with E-state index in [-0.39, 0.29) is 5.75 Å². The van der Waals surface area contributed by atoms with Gasteiger partial charge in [-0.3, -0.25) is 0 Å². The van der Waals surface area contributed by atoms with Gasteiger partial charge in [0.25, 0.3) is 0 Å². The van der Waals surface area contributed by atoms with E-state index in [9.17, 15) is 5.11 Å². The Morgan fingerprint density at radius 2 is 2.13 bits per heavy atom. The highest BCUT2D eigenvalue weighted by Gasteiger charge is 2.11. The molecule has 0 radical (unpaired) electrons. The Hall–Kier alpha value is -2.04. The lowest BCUT2D eigenvalue weighted by molar-refractivity contribution is 0.476. The van der Waals surface area contributed by atoms with Crippen LogP contribution >= 0.6 is 0 Å². The maximum Gasteiger partial charge on any atom is 0.161 e. The first-order valence-corrected chi connectivity index (χ1v) is 4.54. The van der Waals surface area contributed by atoms with Gasteiger partial charge in [-0.2, -0.15) is 5.10 Å². The highest BCUT2D eigenvalue weighted by atomic mass is 16.3. The summed E-state index contributed by atoms with van der Waals surface area (Å²) < 4.78 is 1.63. The second-order valence-corrected chi connectivity index (χ2v) is 3.38. The molecule has 1 heterocycles. The maximum absolute atomic E-state index is 9.72. The maximum atomic E-state index is 9.72. The van der Waals surface area contributed by atoms with Gasteiger partial charge >= 0.3 is 0 Å². The van der Waals surface area contributed by atoms with Crippen molar-refractivity contribution in [2.24, 2.45) is 7.05 Å². The molecule has 0 saturated carbocycles. The first kappa shape index (κ1) is 9.51. The summed E-state index contributed by atoms with van der Waals surface area (Å²) in [5.74, 6) is 1.42. The predicted octanol–water partition coefficient (Wildman–Crippen LogP) is 1.08. The van der Waals surface area contributed by atoms with E-state index in [0.717, 1.165) is 0 Å². The molecule has 0 spiro atoms. The third-order valence-corrected chi connectivity index (χ3v) is 2.13. The van der Waals surface area contributed by atoms with E-state index in [4.69, 9.17) is 5.73 Å². The molecule has 0 saturated heterocycles. The first-order valence-electron chi connectivity index (χ1n) is 4.54. The van der Waals surface area contributed by atoms with Gasteiger partial charge in [-0.15, -0.1) is 0 Å². The molecule has 78 valence electrons. The van der Waals surface area contributed by atoms with Gasteiger partial charge in [0.2, 0.25) is 0 Å². The van der Waals surface area contributed by atoms with Crippen LogP contribution < -0.4 is 5.73 Å². The molecule has 1 aromatic carbocycles. The highest BCUT2D eigenvalue weighted by Crippen LogP contribution is 2.28. The number of aryl methyl sites for hydroxylation is 2. The molecule has 0 atom stereocenters. The molecule has 0 unspecified atom stereocenters. The van der Waals surface area contributed by atoms with Crippen LogP contribution in [0.3, 0.4) is 0 Å². The smallest absolute Gasteiger partial charge is 0.161 e. The minimum Gasteiger partial charge on any atom is -0.507 e. The molecule has 3 N–H and O–H groups in total. The lowest BCUT2D eigenvalue weighted by Gasteiger charge is -2.03. The number of hydrogen-bond donors (Lipinski definition) is 2. The number of anilines is 1. The Labute approximate surface area is 87.2 Å². The molecule has 2 rings (SSSR count). The topological polar surface area (TPSA) is 77.0 Å². The number of nitrogen functional groups attached to an aromatic ring is 1. The number of hydrogen-bond acceptors (Lipinski definition) is 4. The van der Waals surface area contributed by atoms with Crippen LogP contribution in [0.15, 0.2) is 18.2 Å². The quantitative estimate of drug-likeness (QED) is 0.681. The summed E-state index contributed by atoms with van der Waals surface area (Å²) in [5, 5.41) is 13.8. The van der Waals surface area contributed by atoms with Crippen LogP contribution in [0, 0.1) is 6.92 Å². The van der Waals surface area contributed by atoms with Gasteiger partial charge < -0.3 is 10.8 Å². The summed E-state index contributed by atoms with van der Waals surface area (Å²) in [6.07, 6.45) is 0. The van der Waals surface area contributed by atoms with Crippen molar-refractivity contribution in [2.45, 2.75) is 6.92 Å². The lowest BCUT2D eigenvalue weighted by Crippen LogP contribution is -1.95. The zero-order chi connectivity index (χ0) is 11.0. The van der Waals surface area contributed by atoms with Crippen LogP contribution in [0.5, 0.6) is 5.75 Å². The van der Waals surface area contributed by atoms with E-state index in [1.54, 1.807) is 30.8 Å². The van der Waals surface area contributed by atoms with Crippen LogP contribution in [0.2, 0.25) is 0 Å². The third-order valence-electron chi connectivity index (χ3n) is 2.13. The van der Waals surface area contributed by atoms with Gasteiger partial charge in [0.05, 0.1) is 5.56 Å². The average Bonchev–Trinajstić information content (AvgIpc) is 2.45. The second kappa shape index (κ2) is 3.27. The van der Waals surface area contributed by atoms with Crippen molar-refractivity contribution in [2.75, 3.05) is 5.73 Å². The summed E-state index contributed by atoms with van der Waals surface area (Å²) in [6, 6.07) is 4.95. The molecule has 0 aliphatic heterocycles. The van der Waals surface area contributed by atoms with Gasteiger partial charge in [-0.25, -0.2) is 9.67 Å². The number of benzene rings is 1. The molecular weight excluding hydrogens is 192 g/mol. The van der Waals surface area contributed by atoms with Gasteiger partial charge in [0.1, 0.15) is 11.6 Å². The van der Waals surface area contributed by atoms with Crippen molar-refractivity contribution in [3.05, 3.63) is 24.0 Å². The number of phenolic OH excluding ortho intramolecular Hbond substituents is 1. The zero-order valence-electron chi connectivity index (χ0n) is 8.60. The normalized spacial score (nSPS) is 10.5.